The van der Waals surface area contributed by atoms with E-state index in [2.05, 4.69) is 50.1 Å². The Morgan fingerprint density at radius 2 is 1.18 bits per heavy atom. The number of urea groups is 2. The number of anilines is 1. The van der Waals surface area contributed by atoms with Crippen molar-refractivity contribution in [3.05, 3.63) is 0 Å². The van der Waals surface area contributed by atoms with Gasteiger partial charge in [0.25, 0.3) is 11.8 Å². The lowest BCUT2D eigenvalue weighted by molar-refractivity contribution is -0.122. The van der Waals surface area contributed by atoms with Crippen LogP contribution in [0, 0.1) is 0 Å². The monoisotopic (exact) mass is 584 g/mol. The second-order valence-corrected chi connectivity index (χ2v) is 11.6. The first-order valence-electron chi connectivity index (χ1n) is 12.8. The van der Waals surface area contributed by atoms with Gasteiger partial charge in [0.2, 0.25) is 5.95 Å². The van der Waals surface area contributed by atoms with Crippen LogP contribution in [-0.2, 0) is 19.1 Å². The van der Waals surface area contributed by atoms with Gasteiger partial charge in [-0.3, -0.25) is 20.2 Å². The third kappa shape index (κ3) is 7.70. The Bertz CT molecular complexity index is 989. The largest absolute Gasteiger partial charge is 0.385 e. The van der Waals surface area contributed by atoms with E-state index in [1.807, 2.05) is 4.90 Å². The summed E-state index contributed by atoms with van der Waals surface area (Å²) in [6.45, 7) is 5.99. The van der Waals surface area contributed by atoms with E-state index in [4.69, 9.17) is 9.47 Å². The zero-order chi connectivity index (χ0) is 28.5. The number of aromatic nitrogens is 3. The number of rotatable bonds is 17. The molecule has 3 heterocycles. The molecular formula is C23H36N8O6S2. The summed E-state index contributed by atoms with van der Waals surface area (Å²) in [6.07, 6.45) is 4.09. The van der Waals surface area contributed by atoms with Gasteiger partial charge in [0, 0.05) is 53.4 Å². The van der Waals surface area contributed by atoms with Gasteiger partial charge in [0.15, 0.2) is 20.1 Å². The van der Waals surface area contributed by atoms with Crippen LogP contribution in [0.3, 0.4) is 0 Å². The number of hydrogen-bond donors (Lipinski definition) is 4. The highest BCUT2D eigenvalue weighted by atomic mass is 32.2. The van der Waals surface area contributed by atoms with E-state index in [1.54, 1.807) is 0 Å². The molecule has 0 radical (unpaired) electrons. The lowest BCUT2D eigenvalue weighted by Crippen LogP contribution is -2.45. The number of carbonyl (C=O) groups excluding carboxylic acids is 4. The maximum atomic E-state index is 12.9. The Morgan fingerprint density at radius 3 is 1.51 bits per heavy atom. The van der Waals surface area contributed by atoms with E-state index in [1.165, 1.54) is 14.2 Å². The molecule has 2 aliphatic rings. The molecule has 0 aliphatic carbocycles. The zero-order valence-corrected chi connectivity index (χ0v) is 24.3. The summed E-state index contributed by atoms with van der Waals surface area (Å²) in [5.41, 5.74) is 0. The molecule has 0 saturated carbocycles. The first-order valence-corrected chi connectivity index (χ1v) is 14.5. The number of methoxy groups -OCH3 is 2. The van der Waals surface area contributed by atoms with E-state index in [9.17, 15) is 19.2 Å². The van der Waals surface area contributed by atoms with Gasteiger partial charge in [-0.05, 0) is 36.4 Å². The summed E-state index contributed by atoms with van der Waals surface area (Å²) in [7, 11) is 3.01. The SMILES string of the molecule is CCCCN(CCCC)c1nc(SC2(CCOC)NC(=O)NC2=O)nc(SC2(CCOC)NC(=O)NC2=O)n1. The molecule has 0 bridgehead atoms. The average Bonchev–Trinajstić information content (AvgIpc) is 3.33. The number of ether oxygens (including phenoxy) is 2. The summed E-state index contributed by atoms with van der Waals surface area (Å²) in [4.78, 5) is 63.1. The number of hydrogen-bond acceptors (Lipinski definition) is 12. The van der Waals surface area contributed by atoms with Gasteiger partial charge in [-0.15, -0.1) is 0 Å². The average molecular weight is 585 g/mol. The number of nitrogens with one attached hydrogen (secondary N) is 4. The second-order valence-electron chi connectivity index (χ2n) is 9.05. The van der Waals surface area contributed by atoms with Gasteiger partial charge < -0.3 is 25.0 Å². The van der Waals surface area contributed by atoms with Gasteiger partial charge in [-0.2, -0.15) is 15.0 Å². The van der Waals surface area contributed by atoms with Crippen LogP contribution < -0.4 is 26.2 Å². The van der Waals surface area contributed by atoms with Gasteiger partial charge in [-0.25, -0.2) is 9.59 Å². The lowest BCUT2D eigenvalue weighted by Gasteiger charge is -2.27. The van der Waals surface area contributed by atoms with E-state index < -0.39 is 33.6 Å². The van der Waals surface area contributed by atoms with Crippen molar-refractivity contribution in [2.45, 2.75) is 72.4 Å². The van der Waals surface area contributed by atoms with Crippen LogP contribution in [0.5, 0.6) is 0 Å². The highest BCUT2D eigenvalue weighted by Crippen LogP contribution is 2.39. The number of unbranched alkanes of at least 4 members (excludes halogenated alkanes) is 2. The molecule has 216 valence electrons. The van der Waals surface area contributed by atoms with Crippen LogP contribution in [0.25, 0.3) is 0 Å². The molecule has 2 atom stereocenters. The minimum Gasteiger partial charge on any atom is -0.385 e. The third-order valence-electron chi connectivity index (χ3n) is 6.09. The van der Waals surface area contributed by atoms with Crippen LogP contribution in [0.1, 0.15) is 52.4 Å². The number of amides is 6. The number of carbonyl (C=O) groups is 4. The maximum Gasteiger partial charge on any atom is 0.323 e. The van der Waals surface area contributed by atoms with Crippen molar-refractivity contribution >= 4 is 53.3 Å². The van der Waals surface area contributed by atoms with Crippen LogP contribution in [0.2, 0.25) is 0 Å². The van der Waals surface area contributed by atoms with Crippen molar-refractivity contribution in [1.82, 2.24) is 36.2 Å². The van der Waals surface area contributed by atoms with Crippen LogP contribution in [-0.4, -0.2) is 89.1 Å². The van der Waals surface area contributed by atoms with Gasteiger partial charge >= 0.3 is 12.1 Å². The molecule has 2 aliphatic heterocycles. The molecule has 16 heteroatoms. The van der Waals surface area contributed by atoms with E-state index >= 15 is 0 Å². The van der Waals surface area contributed by atoms with Crippen LogP contribution >= 0.6 is 23.5 Å². The van der Waals surface area contributed by atoms with Crippen molar-refractivity contribution in [3.8, 4) is 0 Å². The van der Waals surface area contributed by atoms with E-state index in [-0.39, 0.29) is 36.4 Å². The first-order chi connectivity index (χ1) is 18.7. The van der Waals surface area contributed by atoms with Crippen molar-refractivity contribution in [2.24, 2.45) is 0 Å². The number of nitrogens with zero attached hydrogens (tertiary/aromatic N) is 4. The zero-order valence-electron chi connectivity index (χ0n) is 22.6. The Balaban J connectivity index is 2.05. The summed E-state index contributed by atoms with van der Waals surface area (Å²) in [5, 5.41) is 10.3. The molecule has 1 aromatic heterocycles. The van der Waals surface area contributed by atoms with E-state index in [0.717, 1.165) is 49.2 Å². The Hall–Kier alpha value is -2.69. The Morgan fingerprint density at radius 1 is 0.744 bits per heavy atom. The molecule has 0 aromatic carbocycles. The predicted molar refractivity (Wildman–Crippen MR) is 145 cm³/mol. The Kier molecular flexibility index (Phi) is 11.1. The first kappa shape index (κ1) is 30.8. The minimum absolute atomic E-state index is 0.168. The van der Waals surface area contributed by atoms with Crippen LogP contribution in [0.4, 0.5) is 15.5 Å². The highest BCUT2D eigenvalue weighted by molar-refractivity contribution is 8.02. The van der Waals surface area contributed by atoms with Crippen molar-refractivity contribution in [1.29, 1.82) is 0 Å². The standard InChI is InChI=1S/C23H36N8O6S2/c1-5-7-11-31(12-8-6-2)17-26-20(38-22(9-13-36-3)15(32)24-18(34)29-22)28-21(27-17)39-23(10-14-37-4)16(33)25-19(35)30-23/h5-14H2,1-4H3,(H2,24,29,32,34)(H2,25,30,33,35). The molecule has 2 fully saturated rings. The second kappa shape index (κ2) is 14.1. The molecule has 1 aromatic rings. The van der Waals surface area contributed by atoms with Gasteiger partial charge in [0.1, 0.15) is 0 Å². The predicted octanol–water partition coefficient (Wildman–Crippen LogP) is 1.61. The molecule has 4 N–H and O–H groups in total. The summed E-state index contributed by atoms with van der Waals surface area (Å²) in [5.74, 6) is -0.674. The third-order valence-corrected chi connectivity index (χ3v) is 8.51. The fraction of sp³-hybridized carbons (Fsp3) is 0.696. The summed E-state index contributed by atoms with van der Waals surface area (Å²) in [6, 6.07) is -1.24. The molecule has 39 heavy (non-hydrogen) atoms. The quantitative estimate of drug-likeness (QED) is 0.195. The Labute approximate surface area is 235 Å². The van der Waals surface area contributed by atoms with E-state index in [0.29, 0.717) is 19.0 Å². The molecule has 3 rings (SSSR count). The minimum atomic E-state index is -1.39. The fourth-order valence-electron chi connectivity index (χ4n) is 3.92. The normalized spacial score (nSPS) is 22.5. The van der Waals surface area contributed by atoms with Crippen molar-refractivity contribution in [2.75, 3.05) is 45.4 Å². The molecule has 2 saturated heterocycles. The smallest absolute Gasteiger partial charge is 0.323 e. The fourth-order valence-corrected chi connectivity index (χ4v) is 6.07. The maximum absolute atomic E-state index is 12.9. The molecule has 2 unspecified atom stereocenters. The highest BCUT2D eigenvalue weighted by Gasteiger charge is 2.49. The topological polar surface area (TPSA) is 177 Å². The van der Waals surface area contributed by atoms with Crippen LogP contribution in [0.15, 0.2) is 10.3 Å². The summed E-state index contributed by atoms with van der Waals surface area (Å²) >= 11 is 1.96. The molecule has 0 spiro atoms. The summed E-state index contributed by atoms with van der Waals surface area (Å²) < 4.78 is 10.4. The molecule has 14 nitrogen and oxygen atoms in total. The number of imide groups is 2. The van der Waals surface area contributed by atoms with Gasteiger partial charge in [0.05, 0.1) is 0 Å². The van der Waals surface area contributed by atoms with Gasteiger partial charge in [-0.1, -0.05) is 26.7 Å². The number of thioether (sulfide) groups is 2. The van der Waals surface area contributed by atoms with Crippen molar-refractivity contribution in [3.63, 3.8) is 0 Å². The molecule has 6 amide bonds. The van der Waals surface area contributed by atoms with Crippen molar-refractivity contribution < 1.29 is 28.7 Å². The lowest BCUT2D eigenvalue weighted by atomic mass is 10.2. The molecular weight excluding hydrogens is 548 g/mol.